The zero-order chi connectivity index (χ0) is 13.2. The molecule has 2 nitrogen and oxygen atoms in total. The Morgan fingerprint density at radius 1 is 1.39 bits per heavy atom. The molecule has 0 spiro atoms. The lowest BCUT2D eigenvalue weighted by Crippen LogP contribution is -2.37. The first kappa shape index (κ1) is 13.5. The third-order valence-electron chi connectivity index (χ3n) is 3.41. The van der Waals surface area contributed by atoms with Crippen LogP contribution < -0.4 is 0 Å². The summed E-state index contributed by atoms with van der Waals surface area (Å²) in [6.45, 7) is 0. The summed E-state index contributed by atoms with van der Waals surface area (Å²) in [5.74, 6) is -2.65. The Morgan fingerprint density at radius 3 is 2.72 bits per heavy atom. The molecule has 1 aliphatic rings. The largest absolute Gasteiger partial charge is 0.392 e. The molecule has 1 fully saturated rings. The number of aromatic nitrogens is 1. The lowest BCUT2D eigenvalue weighted by atomic mass is 9.76. The van der Waals surface area contributed by atoms with Crippen molar-refractivity contribution in [3.8, 4) is 0 Å². The summed E-state index contributed by atoms with van der Waals surface area (Å²) in [5, 5.41) is 2.33. The van der Waals surface area contributed by atoms with Gasteiger partial charge in [-0.05, 0) is 12.8 Å². The molecule has 18 heavy (non-hydrogen) atoms. The quantitative estimate of drug-likeness (QED) is 0.844. The van der Waals surface area contributed by atoms with Gasteiger partial charge in [0.2, 0.25) is 0 Å². The molecular weight excluding hydrogens is 263 g/mol. The molecule has 1 heterocycles. The Bertz CT molecular complexity index is 402. The van der Waals surface area contributed by atoms with E-state index in [0.717, 1.165) is 0 Å². The monoisotopic (exact) mass is 277 g/mol. The number of carbonyl (C=O) groups is 1. The highest BCUT2D eigenvalue weighted by Gasteiger charge is 2.47. The minimum Gasteiger partial charge on any atom is -0.299 e. The van der Waals surface area contributed by atoms with E-state index in [1.165, 1.54) is 11.3 Å². The minimum atomic E-state index is -4.26. The molecule has 2 atom stereocenters. The maximum Gasteiger partial charge on any atom is 0.392 e. The Labute approximate surface area is 107 Å². The lowest BCUT2D eigenvalue weighted by Gasteiger charge is -2.31. The maximum atomic E-state index is 12.9. The Hall–Kier alpha value is -0.910. The van der Waals surface area contributed by atoms with Gasteiger partial charge in [-0.3, -0.25) is 4.79 Å². The number of thiazole rings is 1. The standard InChI is InChI=1S/C12H14F3NOS/c13-12(14,15)9-4-2-1-3-8(9)10(17)7-11-16-5-6-18-11/h5-6,8-9H,1-4,7H2. The van der Waals surface area contributed by atoms with Crippen molar-refractivity contribution < 1.29 is 18.0 Å². The predicted molar refractivity (Wildman–Crippen MR) is 62.3 cm³/mol. The van der Waals surface area contributed by atoms with Gasteiger partial charge in [-0.25, -0.2) is 4.98 Å². The zero-order valence-electron chi connectivity index (χ0n) is 9.74. The fourth-order valence-corrected chi connectivity index (χ4v) is 3.15. The van der Waals surface area contributed by atoms with Crippen LogP contribution in [0.5, 0.6) is 0 Å². The minimum absolute atomic E-state index is 0.0366. The fourth-order valence-electron chi connectivity index (χ4n) is 2.53. The van der Waals surface area contributed by atoms with Crippen LogP contribution >= 0.6 is 11.3 Å². The number of halogens is 3. The van der Waals surface area contributed by atoms with E-state index < -0.39 is 18.0 Å². The van der Waals surface area contributed by atoms with Gasteiger partial charge in [0.25, 0.3) is 0 Å². The zero-order valence-corrected chi connectivity index (χ0v) is 10.6. The maximum absolute atomic E-state index is 12.9. The van der Waals surface area contributed by atoms with Gasteiger partial charge in [0.15, 0.2) is 0 Å². The van der Waals surface area contributed by atoms with Gasteiger partial charge in [-0.15, -0.1) is 11.3 Å². The van der Waals surface area contributed by atoms with Gasteiger partial charge in [0.05, 0.1) is 17.3 Å². The first-order chi connectivity index (χ1) is 8.48. The summed E-state index contributed by atoms with van der Waals surface area (Å²) in [4.78, 5) is 15.9. The normalized spacial score (nSPS) is 25.1. The van der Waals surface area contributed by atoms with E-state index in [1.807, 2.05) is 0 Å². The topological polar surface area (TPSA) is 30.0 Å². The lowest BCUT2D eigenvalue weighted by molar-refractivity contribution is -0.197. The second kappa shape index (κ2) is 5.38. The van der Waals surface area contributed by atoms with Gasteiger partial charge < -0.3 is 0 Å². The summed E-state index contributed by atoms with van der Waals surface area (Å²) in [6.07, 6.45) is -0.952. The van der Waals surface area contributed by atoms with E-state index in [4.69, 9.17) is 0 Å². The Kier molecular flexibility index (Phi) is 4.04. The number of Topliss-reactive ketones (excluding diaryl/α,β-unsaturated/α-hetero) is 1. The van der Waals surface area contributed by atoms with Crippen LogP contribution in [0, 0.1) is 11.8 Å². The average Bonchev–Trinajstić information content (AvgIpc) is 2.80. The Morgan fingerprint density at radius 2 is 2.11 bits per heavy atom. The molecule has 6 heteroatoms. The summed E-state index contributed by atoms with van der Waals surface area (Å²) in [7, 11) is 0. The molecule has 100 valence electrons. The van der Waals surface area contributed by atoms with Gasteiger partial charge in [0, 0.05) is 17.5 Å². The van der Waals surface area contributed by atoms with Gasteiger partial charge in [0.1, 0.15) is 5.78 Å². The van der Waals surface area contributed by atoms with Crippen molar-refractivity contribution in [2.75, 3.05) is 0 Å². The molecule has 0 amide bonds. The molecule has 0 saturated heterocycles. The summed E-state index contributed by atoms with van der Waals surface area (Å²) < 4.78 is 38.6. The van der Waals surface area contributed by atoms with Gasteiger partial charge >= 0.3 is 6.18 Å². The van der Waals surface area contributed by atoms with Crippen LogP contribution in [-0.4, -0.2) is 16.9 Å². The van der Waals surface area contributed by atoms with Crippen LogP contribution in [0.4, 0.5) is 13.2 Å². The number of hydrogen-bond donors (Lipinski definition) is 0. The molecule has 2 rings (SSSR count). The van der Waals surface area contributed by atoms with E-state index in [0.29, 0.717) is 24.3 Å². The second-order valence-electron chi connectivity index (χ2n) is 4.61. The SMILES string of the molecule is O=C(Cc1nccs1)C1CCCCC1C(F)(F)F. The van der Waals surface area contributed by atoms with Crippen molar-refractivity contribution in [2.45, 2.75) is 38.3 Å². The van der Waals surface area contributed by atoms with Crippen molar-refractivity contribution in [1.82, 2.24) is 4.98 Å². The molecule has 0 aliphatic heterocycles. The third kappa shape index (κ3) is 3.10. The highest BCUT2D eigenvalue weighted by atomic mass is 32.1. The molecule has 1 aromatic rings. The average molecular weight is 277 g/mol. The molecule has 2 unspecified atom stereocenters. The summed E-state index contributed by atoms with van der Waals surface area (Å²) in [6, 6.07) is 0. The molecule has 1 aliphatic carbocycles. The molecule has 0 N–H and O–H groups in total. The summed E-state index contributed by atoms with van der Waals surface area (Å²) >= 11 is 1.31. The van der Waals surface area contributed by atoms with Crippen molar-refractivity contribution in [3.05, 3.63) is 16.6 Å². The highest BCUT2D eigenvalue weighted by molar-refractivity contribution is 7.09. The number of nitrogens with zero attached hydrogens (tertiary/aromatic N) is 1. The van der Waals surface area contributed by atoms with Crippen molar-refractivity contribution >= 4 is 17.1 Å². The number of rotatable bonds is 3. The highest BCUT2D eigenvalue weighted by Crippen LogP contribution is 2.42. The van der Waals surface area contributed by atoms with E-state index >= 15 is 0 Å². The van der Waals surface area contributed by atoms with Crippen LogP contribution in [-0.2, 0) is 11.2 Å². The smallest absolute Gasteiger partial charge is 0.299 e. The molecule has 1 aromatic heterocycles. The predicted octanol–water partition coefficient (Wildman–Crippen LogP) is 3.62. The van der Waals surface area contributed by atoms with Crippen molar-refractivity contribution in [3.63, 3.8) is 0 Å². The molecule has 0 bridgehead atoms. The molecule has 1 saturated carbocycles. The molecule has 0 aromatic carbocycles. The van der Waals surface area contributed by atoms with E-state index in [9.17, 15) is 18.0 Å². The number of alkyl halides is 3. The Balaban J connectivity index is 2.06. The van der Waals surface area contributed by atoms with Crippen LogP contribution in [0.15, 0.2) is 11.6 Å². The van der Waals surface area contributed by atoms with Crippen LogP contribution in [0.25, 0.3) is 0 Å². The number of ketones is 1. The molecular formula is C12H14F3NOS. The number of carbonyl (C=O) groups excluding carboxylic acids is 1. The van der Waals surface area contributed by atoms with Gasteiger partial charge in [-0.2, -0.15) is 13.2 Å². The first-order valence-electron chi connectivity index (χ1n) is 5.96. The van der Waals surface area contributed by atoms with Crippen LogP contribution in [0.3, 0.4) is 0 Å². The third-order valence-corrected chi connectivity index (χ3v) is 4.19. The summed E-state index contributed by atoms with van der Waals surface area (Å²) in [5.41, 5.74) is 0. The van der Waals surface area contributed by atoms with Crippen molar-refractivity contribution in [2.24, 2.45) is 11.8 Å². The van der Waals surface area contributed by atoms with E-state index in [2.05, 4.69) is 4.98 Å². The van der Waals surface area contributed by atoms with Gasteiger partial charge in [-0.1, -0.05) is 12.8 Å². The van der Waals surface area contributed by atoms with E-state index in [-0.39, 0.29) is 18.6 Å². The molecule has 0 radical (unpaired) electrons. The van der Waals surface area contributed by atoms with Crippen molar-refractivity contribution in [1.29, 1.82) is 0 Å². The first-order valence-corrected chi connectivity index (χ1v) is 6.84. The van der Waals surface area contributed by atoms with E-state index in [1.54, 1.807) is 11.6 Å². The van der Waals surface area contributed by atoms with Crippen LogP contribution in [0.2, 0.25) is 0 Å². The van der Waals surface area contributed by atoms with Crippen LogP contribution in [0.1, 0.15) is 30.7 Å². The second-order valence-corrected chi connectivity index (χ2v) is 5.59. The number of hydrogen-bond acceptors (Lipinski definition) is 3. The fraction of sp³-hybridized carbons (Fsp3) is 0.667.